The molecule has 0 aliphatic heterocycles. The van der Waals surface area contributed by atoms with Gasteiger partial charge in [0.1, 0.15) is 5.75 Å². The lowest BCUT2D eigenvalue weighted by Crippen LogP contribution is -2.41. The predicted molar refractivity (Wildman–Crippen MR) is 92.7 cm³/mol. The van der Waals surface area contributed by atoms with Gasteiger partial charge >= 0.3 is 12.3 Å². The number of halogens is 5. The van der Waals surface area contributed by atoms with Crippen LogP contribution in [0.4, 0.5) is 27.9 Å². The first-order valence-corrected chi connectivity index (χ1v) is 8.06. The van der Waals surface area contributed by atoms with Crippen molar-refractivity contribution in [1.29, 1.82) is 0 Å². The van der Waals surface area contributed by atoms with Crippen molar-refractivity contribution in [2.24, 2.45) is 0 Å². The molecule has 28 heavy (non-hydrogen) atoms. The maximum absolute atomic E-state index is 13.0. The van der Waals surface area contributed by atoms with Crippen LogP contribution in [-0.2, 0) is 0 Å². The first kappa shape index (κ1) is 19.6. The van der Waals surface area contributed by atoms with Crippen LogP contribution in [0.3, 0.4) is 0 Å². The summed E-state index contributed by atoms with van der Waals surface area (Å²) in [5.74, 6) is 0.161. The Bertz CT molecular complexity index is 950. The third-order valence-corrected chi connectivity index (χ3v) is 3.80. The molecule has 0 unspecified atom stereocenters. The summed E-state index contributed by atoms with van der Waals surface area (Å²) in [5, 5.41) is 7.23. The van der Waals surface area contributed by atoms with Gasteiger partial charge in [0, 0.05) is 12.6 Å². The van der Waals surface area contributed by atoms with Gasteiger partial charge in [0.15, 0.2) is 5.82 Å². The minimum atomic E-state index is -5.81. The van der Waals surface area contributed by atoms with Crippen LogP contribution >= 0.6 is 0 Å². The van der Waals surface area contributed by atoms with Crippen LogP contribution < -0.4 is 10.1 Å². The van der Waals surface area contributed by atoms with E-state index in [0.29, 0.717) is 17.5 Å². The number of rotatable bonds is 5. The number of hydrogen-bond donors (Lipinski definition) is 1. The van der Waals surface area contributed by atoms with E-state index in [-0.39, 0.29) is 0 Å². The van der Waals surface area contributed by atoms with Crippen LogP contribution in [0.5, 0.6) is 5.75 Å². The molecule has 2 aromatic carbocycles. The lowest BCUT2D eigenvalue weighted by atomic mass is 10.1. The van der Waals surface area contributed by atoms with Crippen molar-refractivity contribution in [3.63, 3.8) is 0 Å². The van der Waals surface area contributed by atoms with E-state index in [9.17, 15) is 22.0 Å². The Balaban J connectivity index is 1.88. The molecule has 3 rings (SSSR count). The number of ether oxygens (including phenoxy) is 1. The molecule has 0 radical (unpaired) electrons. The van der Waals surface area contributed by atoms with Gasteiger partial charge in [0.2, 0.25) is 5.95 Å². The van der Waals surface area contributed by atoms with Gasteiger partial charge in [-0.2, -0.15) is 31.6 Å². The molecule has 0 atom stereocenters. The van der Waals surface area contributed by atoms with Crippen LogP contribution in [0.1, 0.15) is 5.56 Å². The maximum atomic E-state index is 13.0. The average molecular weight is 398 g/mol. The van der Waals surface area contributed by atoms with E-state index in [1.54, 1.807) is 7.05 Å². The van der Waals surface area contributed by atoms with Gasteiger partial charge in [0.05, 0.1) is 5.69 Å². The van der Waals surface area contributed by atoms with Gasteiger partial charge in [-0.05, 0) is 31.2 Å². The molecule has 0 aliphatic rings. The highest BCUT2D eigenvalue weighted by Gasteiger charge is 2.61. The molecule has 5 nitrogen and oxygen atoms in total. The Kier molecular flexibility index (Phi) is 4.97. The smallest absolute Gasteiger partial charge is 0.426 e. The average Bonchev–Trinajstić information content (AvgIpc) is 3.06. The van der Waals surface area contributed by atoms with E-state index in [0.717, 1.165) is 23.3 Å². The van der Waals surface area contributed by atoms with Crippen molar-refractivity contribution >= 4 is 5.95 Å². The second-order valence-electron chi connectivity index (χ2n) is 5.90. The predicted octanol–water partition coefficient (Wildman–Crippen LogP) is 4.82. The van der Waals surface area contributed by atoms with Crippen LogP contribution in [0, 0.1) is 6.92 Å². The molecule has 1 N–H and O–H groups in total. The molecule has 1 aromatic heterocycles. The topological polar surface area (TPSA) is 52.0 Å². The summed E-state index contributed by atoms with van der Waals surface area (Å²) in [5.41, 5.74) is 2.24. The number of anilines is 1. The van der Waals surface area contributed by atoms with Crippen molar-refractivity contribution in [1.82, 2.24) is 14.8 Å². The normalized spacial score (nSPS) is 12.1. The molecule has 10 heteroatoms. The van der Waals surface area contributed by atoms with E-state index >= 15 is 0 Å². The zero-order chi connectivity index (χ0) is 20.5. The fourth-order valence-corrected chi connectivity index (χ4v) is 2.34. The molecule has 0 aliphatic carbocycles. The van der Waals surface area contributed by atoms with Gasteiger partial charge in [-0.25, -0.2) is 0 Å². The third kappa shape index (κ3) is 3.90. The number of aryl methyl sites for hydroxylation is 1. The Morgan fingerprint density at radius 1 is 0.929 bits per heavy atom. The molecule has 0 saturated carbocycles. The van der Waals surface area contributed by atoms with Crippen LogP contribution in [-0.4, -0.2) is 34.1 Å². The first-order valence-electron chi connectivity index (χ1n) is 8.06. The SMILES string of the molecule is CNc1nc(-c2ccc(C)cc2)nn1-c1ccc(OC(F)(F)C(F)(F)F)cc1. The number of benzene rings is 2. The van der Waals surface area contributed by atoms with Crippen molar-refractivity contribution < 1.29 is 26.7 Å². The zero-order valence-electron chi connectivity index (χ0n) is 14.8. The molecule has 0 spiro atoms. The van der Waals surface area contributed by atoms with Gasteiger partial charge in [-0.1, -0.05) is 29.8 Å². The Hall–Kier alpha value is -3.17. The van der Waals surface area contributed by atoms with Gasteiger partial charge < -0.3 is 10.1 Å². The van der Waals surface area contributed by atoms with E-state index in [1.807, 2.05) is 31.2 Å². The maximum Gasteiger partial charge on any atom is 0.499 e. The van der Waals surface area contributed by atoms with Crippen molar-refractivity contribution in [3.05, 3.63) is 54.1 Å². The number of alkyl halides is 5. The standard InChI is InChI=1S/C18H15F5N4O/c1-11-3-5-12(6-4-11)15-25-16(24-2)27(26-15)13-7-9-14(10-8-13)28-18(22,23)17(19,20)21/h3-10H,1-2H3,(H,24,25,26). The Morgan fingerprint density at radius 2 is 1.54 bits per heavy atom. The highest BCUT2D eigenvalue weighted by atomic mass is 19.4. The molecule has 0 fully saturated rings. The van der Waals surface area contributed by atoms with Crippen LogP contribution in [0.2, 0.25) is 0 Å². The van der Waals surface area contributed by atoms with Crippen LogP contribution in [0.25, 0.3) is 17.1 Å². The van der Waals surface area contributed by atoms with Crippen molar-refractivity contribution in [2.75, 3.05) is 12.4 Å². The summed E-state index contributed by atoms with van der Waals surface area (Å²) in [6.45, 7) is 1.95. The highest BCUT2D eigenvalue weighted by Crippen LogP contribution is 2.37. The lowest BCUT2D eigenvalue weighted by molar-refractivity contribution is -0.360. The molecular weight excluding hydrogens is 383 g/mol. The first-order chi connectivity index (χ1) is 13.1. The quantitative estimate of drug-likeness (QED) is 0.627. The summed E-state index contributed by atoms with van der Waals surface area (Å²) in [7, 11) is 1.63. The summed E-state index contributed by atoms with van der Waals surface area (Å²) in [6.07, 6.45) is -11.1. The number of aromatic nitrogens is 3. The zero-order valence-corrected chi connectivity index (χ0v) is 14.8. The molecule has 3 aromatic rings. The Labute approximate surface area is 156 Å². The summed E-state index contributed by atoms with van der Waals surface area (Å²) in [4.78, 5) is 4.36. The number of nitrogens with zero attached hydrogens (tertiary/aromatic N) is 3. The summed E-state index contributed by atoms with van der Waals surface area (Å²) >= 11 is 0. The minimum Gasteiger partial charge on any atom is -0.426 e. The lowest BCUT2D eigenvalue weighted by Gasteiger charge is -2.20. The van der Waals surface area contributed by atoms with Crippen molar-refractivity contribution in [2.45, 2.75) is 19.2 Å². The van der Waals surface area contributed by atoms with Crippen LogP contribution in [0.15, 0.2) is 48.5 Å². The fourth-order valence-electron chi connectivity index (χ4n) is 2.34. The number of hydrogen-bond acceptors (Lipinski definition) is 4. The molecule has 0 saturated heterocycles. The van der Waals surface area contributed by atoms with Gasteiger partial charge in [0.25, 0.3) is 0 Å². The molecule has 1 heterocycles. The molecular formula is C18H15F5N4O. The minimum absolute atomic E-state index is 0.366. The van der Waals surface area contributed by atoms with Crippen molar-refractivity contribution in [3.8, 4) is 22.8 Å². The second-order valence-corrected chi connectivity index (χ2v) is 5.90. The largest absolute Gasteiger partial charge is 0.499 e. The Morgan fingerprint density at radius 3 is 2.07 bits per heavy atom. The van der Waals surface area contributed by atoms with Gasteiger partial charge in [-0.15, -0.1) is 5.10 Å². The van der Waals surface area contributed by atoms with Gasteiger partial charge in [-0.3, -0.25) is 0 Å². The summed E-state index contributed by atoms with van der Waals surface area (Å²) in [6, 6.07) is 12.1. The monoisotopic (exact) mass is 398 g/mol. The van der Waals surface area contributed by atoms with E-state index in [2.05, 4.69) is 20.1 Å². The molecule has 148 valence electrons. The second kappa shape index (κ2) is 7.10. The van der Waals surface area contributed by atoms with E-state index < -0.39 is 18.0 Å². The molecule has 0 amide bonds. The fraction of sp³-hybridized carbons (Fsp3) is 0.222. The third-order valence-electron chi connectivity index (χ3n) is 3.80. The molecule has 0 bridgehead atoms. The van der Waals surface area contributed by atoms with E-state index in [4.69, 9.17) is 0 Å². The van der Waals surface area contributed by atoms with E-state index in [1.165, 1.54) is 16.8 Å². The number of nitrogens with one attached hydrogen (secondary N) is 1. The highest BCUT2D eigenvalue weighted by molar-refractivity contribution is 5.58. The summed E-state index contributed by atoms with van der Waals surface area (Å²) < 4.78 is 67.9.